The molecule has 2 N–H and O–H groups in total. The average Bonchev–Trinajstić information content (AvgIpc) is 2.95. The minimum atomic E-state index is -0.531. The average molecular weight is 337 g/mol. The number of aryl methyl sites for hydroxylation is 1. The molecule has 0 aliphatic rings. The monoisotopic (exact) mass is 337 g/mol. The van der Waals surface area contributed by atoms with Crippen molar-refractivity contribution < 1.29 is 4.79 Å². The van der Waals surface area contributed by atoms with Crippen molar-refractivity contribution in [2.75, 3.05) is 5.32 Å². The molecule has 124 valence electrons. The van der Waals surface area contributed by atoms with Gasteiger partial charge in [-0.15, -0.1) is 10.2 Å². The van der Waals surface area contributed by atoms with Gasteiger partial charge in [0, 0.05) is 31.1 Å². The normalized spacial score (nSPS) is 12.1. The molecule has 1 unspecified atom stereocenters. The van der Waals surface area contributed by atoms with Crippen LogP contribution in [-0.2, 0) is 11.3 Å². The quantitative estimate of drug-likeness (QED) is 0.792. The van der Waals surface area contributed by atoms with Crippen molar-refractivity contribution in [3.8, 4) is 0 Å². The third-order valence-corrected chi connectivity index (χ3v) is 4.38. The molecule has 1 amide bonds. The van der Waals surface area contributed by atoms with Crippen LogP contribution in [0.25, 0.3) is 0 Å². The molecule has 0 aliphatic carbocycles. The molecule has 0 saturated heterocycles. The molecule has 2 heterocycles. The van der Waals surface area contributed by atoms with E-state index in [4.69, 9.17) is 0 Å². The van der Waals surface area contributed by atoms with Crippen molar-refractivity contribution in [1.29, 1.82) is 0 Å². The van der Waals surface area contributed by atoms with E-state index in [1.807, 2.05) is 0 Å². The fourth-order valence-electron chi connectivity index (χ4n) is 2.06. The molecular formula is C14H19N5O3S. The molecule has 0 bridgehead atoms. The third kappa shape index (κ3) is 4.85. The molecule has 2 aromatic heterocycles. The smallest absolute Gasteiger partial charge is 0.300 e. The highest BCUT2D eigenvalue weighted by molar-refractivity contribution is 7.15. The number of aromatic amines is 1. The van der Waals surface area contributed by atoms with E-state index in [9.17, 15) is 14.4 Å². The molecule has 0 saturated carbocycles. The molecular weight excluding hydrogens is 318 g/mol. The zero-order chi connectivity index (χ0) is 16.8. The molecule has 0 fully saturated rings. The summed E-state index contributed by atoms with van der Waals surface area (Å²) < 4.78 is 1.27. The molecule has 0 spiro atoms. The molecule has 0 aromatic carbocycles. The van der Waals surface area contributed by atoms with E-state index in [-0.39, 0.29) is 18.9 Å². The van der Waals surface area contributed by atoms with Crippen LogP contribution in [0.3, 0.4) is 0 Å². The van der Waals surface area contributed by atoms with E-state index < -0.39 is 11.2 Å². The molecule has 2 aromatic rings. The van der Waals surface area contributed by atoms with Crippen molar-refractivity contribution in [1.82, 2.24) is 19.7 Å². The number of H-pyrrole nitrogens is 1. The molecule has 1 atom stereocenters. The lowest BCUT2D eigenvalue weighted by atomic mass is 10.1. The first-order valence-corrected chi connectivity index (χ1v) is 8.24. The standard InChI is InChI=1S/C14H19N5O3S/c1-3-4-9(2)12-17-18-13(23-12)15-10(20)5-7-19-8-6-11(21)16-14(19)22/h6,8-9H,3-5,7H2,1-2H3,(H,15,18,20)(H,16,21,22). The number of hydrogen-bond acceptors (Lipinski definition) is 6. The van der Waals surface area contributed by atoms with Crippen LogP contribution in [0.1, 0.15) is 44.0 Å². The largest absolute Gasteiger partial charge is 0.328 e. The van der Waals surface area contributed by atoms with E-state index in [0.717, 1.165) is 17.8 Å². The summed E-state index contributed by atoms with van der Waals surface area (Å²) in [4.78, 5) is 36.5. The highest BCUT2D eigenvalue weighted by Gasteiger charge is 2.13. The molecule has 2 rings (SSSR count). The minimum absolute atomic E-state index is 0.103. The number of carbonyl (C=O) groups excluding carboxylic acids is 1. The van der Waals surface area contributed by atoms with Gasteiger partial charge in [-0.1, -0.05) is 31.6 Å². The second kappa shape index (κ2) is 7.82. The summed E-state index contributed by atoms with van der Waals surface area (Å²) in [5.74, 6) is 0.0665. The summed E-state index contributed by atoms with van der Waals surface area (Å²) in [5.41, 5.74) is -0.991. The van der Waals surface area contributed by atoms with Crippen LogP contribution >= 0.6 is 11.3 Å². The van der Waals surface area contributed by atoms with Gasteiger partial charge >= 0.3 is 5.69 Å². The first kappa shape index (κ1) is 17.1. The summed E-state index contributed by atoms with van der Waals surface area (Å²) in [6, 6.07) is 1.24. The number of nitrogens with one attached hydrogen (secondary N) is 2. The minimum Gasteiger partial charge on any atom is -0.300 e. The predicted molar refractivity (Wildman–Crippen MR) is 87.8 cm³/mol. The molecule has 9 heteroatoms. The van der Waals surface area contributed by atoms with Gasteiger partial charge in [0.05, 0.1) is 0 Å². The van der Waals surface area contributed by atoms with Gasteiger partial charge < -0.3 is 9.88 Å². The predicted octanol–water partition coefficient (Wildman–Crippen LogP) is 1.32. The fourth-order valence-corrected chi connectivity index (χ4v) is 2.91. The Labute approximate surface area is 136 Å². The van der Waals surface area contributed by atoms with E-state index >= 15 is 0 Å². The van der Waals surface area contributed by atoms with Gasteiger partial charge in [0.1, 0.15) is 5.01 Å². The summed E-state index contributed by atoms with van der Waals surface area (Å²) in [7, 11) is 0. The van der Waals surface area contributed by atoms with Crippen molar-refractivity contribution in [3.63, 3.8) is 0 Å². The number of hydrogen-bond donors (Lipinski definition) is 2. The van der Waals surface area contributed by atoms with Gasteiger partial charge in [-0.3, -0.25) is 14.6 Å². The molecule has 0 radical (unpaired) electrons. The number of amides is 1. The third-order valence-electron chi connectivity index (χ3n) is 3.31. The molecule has 8 nitrogen and oxygen atoms in total. The Morgan fingerprint density at radius 1 is 1.43 bits per heavy atom. The lowest BCUT2D eigenvalue weighted by Crippen LogP contribution is -2.29. The van der Waals surface area contributed by atoms with Gasteiger partial charge in [0.2, 0.25) is 11.0 Å². The Kier molecular flexibility index (Phi) is 5.80. The van der Waals surface area contributed by atoms with Crippen LogP contribution in [0.4, 0.5) is 5.13 Å². The maximum atomic E-state index is 11.9. The van der Waals surface area contributed by atoms with Crippen molar-refractivity contribution in [3.05, 3.63) is 38.1 Å². The first-order chi connectivity index (χ1) is 11.0. The van der Waals surface area contributed by atoms with Crippen LogP contribution in [0.5, 0.6) is 0 Å². The molecule has 23 heavy (non-hydrogen) atoms. The Morgan fingerprint density at radius 2 is 2.22 bits per heavy atom. The second-order valence-corrected chi connectivity index (χ2v) is 6.25. The Bertz CT molecular complexity index is 779. The first-order valence-electron chi connectivity index (χ1n) is 7.42. The summed E-state index contributed by atoms with van der Waals surface area (Å²) in [6.45, 7) is 4.37. The molecule has 0 aliphatic heterocycles. The number of nitrogens with zero attached hydrogens (tertiary/aromatic N) is 3. The van der Waals surface area contributed by atoms with Gasteiger partial charge in [0.25, 0.3) is 5.56 Å². The Hall–Kier alpha value is -2.29. The van der Waals surface area contributed by atoms with Gasteiger partial charge in [-0.2, -0.15) is 0 Å². The second-order valence-electron chi connectivity index (χ2n) is 5.24. The van der Waals surface area contributed by atoms with Crippen LogP contribution in [0.15, 0.2) is 21.9 Å². The van der Waals surface area contributed by atoms with Crippen LogP contribution in [-0.4, -0.2) is 25.7 Å². The van der Waals surface area contributed by atoms with Gasteiger partial charge in [-0.25, -0.2) is 4.79 Å². The van der Waals surface area contributed by atoms with Crippen LogP contribution in [0, 0.1) is 0 Å². The highest BCUT2D eigenvalue weighted by atomic mass is 32.1. The van der Waals surface area contributed by atoms with E-state index in [0.29, 0.717) is 11.0 Å². The van der Waals surface area contributed by atoms with E-state index in [1.54, 1.807) is 0 Å². The summed E-state index contributed by atoms with van der Waals surface area (Å²) in [6.07, 6.45) is 3.56. The van der Waals surface area contributed by atoms with Crippen molar-refractivity contribution in [2.24, 2.45) is 0 Å². The lowest BCUT2D eigenvalue weighted by Gasteiger charge is -2.04. The summed E-state index contributed by atoms with van der Waals surface area (Å²) >= 11 is 1.37. The maximum Gasteiger partial charge on any atom is 0.328 e. The number of aromatic nitrogens is 4. The zero-order valence-electron chi connectivity index (χ0n) is 13.0. The SMILES string of the molecule is CCCC(C)c1nnc(NC(=O)CCn2ccc(=O)[nH]c2=O)s1. The topological polar surface area (TPSA) is 110 Å². The van der Waals surface area contributed by atoms with Crippen LogP contribution < -0.4 is 16.6 Å². The van der Waals surface area contributed by atoms with Gasteiger partial charge in [0.15, 0.2) is 0 Å². The van der Waals surface area contributed by atoms with E-state index in [2.05, 4.69) is 34.3 Å². The number of carbonyl (C=O) groups is 1. The van der Waals surface area contributed by atoms with Crippen LogP contribution in [0.2, 0.25) is 0 Å². The summed E-state index contributed by atoms with van der Waals surface area (Å²) in [5, 5.41) is 12.1. The Morgan fingerprint density at radius 3 is 2.91 bits per heavy atom. The lowest BCUT2D eigenvalue weighted by molar-refractivity contribution is -0.116. The zero-order valence-corrected chi connectivity index (χ0v) is 13.9. The number of anilines is 1. The fraction of sp³-hybridized carbons (Fsp3) is 0.500. The van der Waals surface area contributed by atoms with E-state index in [1.165, 1.54) is 28.2 Å². The van der Waals surface area contributed by atoms with Crippen molar-refractivity contribution >= 4 is 22.4 Å². The number of rotatable bonds is 7. The maximum absolute atomic E-state index is 11.9. The Balaban J connectivity index is 1.90. The van der Waals surface area contributed by atoms with Crippen molar-refractivity contribution in [2.45, 2.75) is 45.6 Å². The highest BCUT2D eigenvalue weighted by Crippen LogP contribution is 2.26. The van der Waals surface area contributed by atoms with Gasteiger partial charge in [-0.05, 0) is 6.42 Å².